The molecule has 5 nitrogen and oxygen atoms in total. The number of nitrogens with zero attached hydrogens (tertiary/aromatic N) is 2. The summed E-state index contributed by atoms with van der Waals surface area (Å²) in [6.45, 7) is 5.45. The number of imidazole rings is 1. The standard InChI is InChI=1S/C10H19N2.C6H14O3S/c1-3-4-5-6-7-12-9-8-11(2)10-12;1-2-3-4-5-6-10(7,8)9/h8-10H,3-7H2,1-2H3;2-6H2,1H3,(H,7,8,9)/q+1;/p-1. The molecule has 0 N–H and O–H groups in total. The van der Waals surface area contributed by atoms with Gasteiger partial charge in [0, 0.05) is 5.75 Å². The van der Waals surface area contributed by atoms with Gasteiger partial charge in [-0.1, -0.05) is 46.0 Å². The first-order valence-corrected chi connectivity index (χ1v) is 9.91. The molecule has 0 spiro atoms. The Hall–Kier alpha value is -0.880. The van der Waals surface area contributed by atoms with Crippen LogP contribution in [0.3, 0.4) is 0 Å². The molecule has 0 bridgehead atoms. The molecule has 130 valence electrons. The van der Waals surface area contributed by atoms with Gasteiger partial charge in [0.25, 0.3) is 0 Å². The number of hydrogen-bond donors (Lipinski definition) is 0. The second-order valence-electron chi connectivity index (χ2n) is 5.70. The van der Waals surface area contributed by atoms with Crippen LogP contribution >= 0.6 is 0 Å². The Morgan fingerprint density at radius 1 is 1.00 bits per heavy atom. The van der Waals surface area contributed by atoms with E-state index in [1.165, 1.54) is 32.2 Å². The van der Waals surface area contributed by atoms with Gasteiger partial charge in [-0.2, -0.15) is 0 Å². The summed E-state index contributed by atoms with van der Waals surface area (Å²) < 4.78 is 34.4. The maximum absolute atomic E-state index is 10.0. The molecule has 0 aliphatic rings. The highest BCUT2D eigenvalue weighted by Gasteiger charge is 1.98. The quantitative estimate of drug-likeness (QED) is 0.376. The van der Waals surface area contributed by atoms with E-state index in [-0.39, 0.29) is 5.75 Å². The lowest BCUT2D eigenvalue weighted by molar-refractivity contribution is -0.696. The molecular formula is C16H32N2O3S. The molecule has 6 heteroatoms. The highest BCUT2D eigenvalue weighted by molar-refractivity contribution is 7.85. The molecule has 1 rings (SSSR count). The van der Waals surface area contributed by atoms with Gasteiger partial charge < -0.3 is 4.55 Å². The third-order valence-electron chi connectivity index (χ3n) is 3.34. The van der Waals surface area contributed by atoms with Crippen LogP contribution in [0.4, 0.5) is 0 Å². The Balaban J connectivity index is 0.000000409. The third kappa shape index (κ3) is 14.1. The maximum atomic E-state index is 10.0. The average Bonchev–Trinajstić information content (AvgIpc) is 2.85. The van der Waals surface area contributed by atoms with Crippen molar-refractivity contribution < 1.29 is 17.5 Å². The number of hydrogen-bond acceptors (Lipinski definition) is 3. The molecule has 0 amide bonds. The fourth-order valence-corrected chi connectivity index (χ4v) is 2.62. The lowest BCUT2D eigenvalue weighted by Gasteiger charge is -2.04. The van der Waals surface area contributed by atoms with Gasteiger partial charge in [-0.25, -0.2) is 17.6 Å². The summed E-state index contributed by atoms with van der Waals surface area (Å²) in [5.74, 6) is -0.201. The van der Waals surface area contributed by atoms with Crippen molar-refractivity contribution in [1.82, 2.24) is 4.57 Å². The van der Waals surface area contributed by atoms with Crippen LogP contribution in [0.1, 0.15) is 65.2 Å². The average molecular weight is 333 g/mol. The molecule has 1 aromatic rings. The Morgan fingerprint density at radius 3 is 2.05 bits per heavy atom. The van der Waals surface area contributed by atoms with Gasteiger partial charge in [-0.15, -0.1) is 0 Å². The first kappa shape index (κ1) is 21.1. The normalized spacial score (nSPS) is 11.1. The van der Waals surface area contributed by atoms with Crippen molar-refractivity contribution in [3.05, 3.63) is 18.7 Å². The van der Waals surface area contributed by atoms with Crippen molar-refractivity contribution in [2.45, 2.75) is 71.8 Å². The van der Waals surface area contributed by atoms with Gasteiger partial charge in [0.15, 0.2) is 0 Å². The van der Waals surface area contributed by atoms with Gasteiger partial charge in [0.05, 0.1) is 23.7 Å². The monoisotopic (exact) mass is 332 g/mol. The summed E-state index contributed by atoms with van der Waals surface area (Å²) in [6, 6.07) is 0. The van der Waals surface area contributed by atoms with E-state index in [0.717, 1.165) is 19.3 Å². The molecule has 0 radical (unpaired) electrons. The van der Waals surface area contributed by atoms with Gasteiger partial charge in [-0.3, -0.25) is 0 Å². The van der Waals surface area contributed by atoms with Crippen LogP contribution in [0.2, 0.25) is 0 Å². The summed E-state index contributed by atoms with van der Waals surface area (Å²) >= 11 is 0. The Kier molecular flexibility index (Phi) is 12.1. The van der Waals surface area contributed by atoms with Crippen LogP contribution in [-0.4, -0.2) is 23.3 Å². The van der Waals surface area contributed by atoms with Crippen molar-refractivity contribution in [2.24, 2.45) is 7.05 Å². The molecule has 0 aliphatic heterocycles. The third-order valence-corrected chi connectivity index (χ3v) is 4.13. The van der Waals surface area contributed by atoms with Gasteiger partial charge in [-0.05, 0) is 19.3 Å². The summed E-state index contributed by atoms with van der Waals surface area (Å²) in [4.78, 5) is 0. The lowest BCUT2D eigenvalue weighted by Crippen LogP contribution is -2.30. The van der Waals surface area contributed by atoms with E-state index in [2.05, 4.69) is 41.8 Å². The van der Waals surface area contributed by atoms with Crippen molar-refractivity contribution in [3.63, 3.8) is 0 Å². The van der Waals surface area contributed by atoms with E-state index in [4.69, 9.17) is 0 Å². The van der Waals surface area contributed by atoms with Crippen LogP contribution in [0.5, 0.6) is 0 Å². The van der Waals surface area contributed by atoms with Gasteiger partial charge >= 0.3 is 0 Å². The molecule has 0 aliphatic carbocycles. The minimum Gasteiger partial charge on any atom is -0.748 e. The molecular weight excluding hydrogens is 300 g/mol. The highest BCUT2D eigenvalue weighted by atomic mass is 32.2. The molecule has 1 heterocycles. The zero-order valence-electron chi connectivity index (χ0n) is 14.3. The van der Waals surface area contributed by atoms with E-state index in [1.54, 1.807) is 0 Å². The summed E-state index contributed by atoms with van der Waals surface area (Å²) in [5.41, 5.74) is 0. The molecule has 0 saturated heterocycles. The lowest BCUT2D eigenvalue weighted by atomic mass is 10.2. The predicted octanol–water partition coefficient (Wildman–Crippen LogP) is 3.00. The predicted molar refractivity (Wildman–Crippen MR) is 88.5 cm³/mol. The number of unbranched alkanes of at least 4 members (excludes halogenated alkanes) is 6. The molecule has 0 atom stereocenters. The highest BCUT2D eigenvalue weighted by Crippen LogP contribution is 2.00. The number of rotatable bonds is 10. The maximum Gasteiger partial charge on any atom is 0.243 e. The van der Waals surface area contributed by atoms with E-state index in [1.807, 2.05) is 6.92 Å². The van der Waals surface area contributed by atoms with E-state index in [0.29, 0.717) is 6.42 Å². The topological polar surface area (TPSA) is 66.0 Å². The second-order valence-corrected chi connectivity index (χ2v) is 7.22. The minimum atomic E-state index is -3.95. The molecule has 0 saturated carbocycles. The number of aryl methyl sites for hydroxylation is 2. The van der Waals surface area contributed by atoms with E-state index >= 15 is 0 Å². The largest absolute Gasteiger partial charge is 0.748 e. The molecule has 1 aromatic heterocycles. The summed E-state index contributed by atoms with van der Waals surface area (Å²) in [6.07, 6.45) is 15.1. The van der Waals surface area contributed by atoms with Crippen molar-refractivity contribution in [1.29, 1.82) is 0 Å². The first-order chi connectivity index (χ1) is 10.4. The van der Waals surface area contributed by atoms with E-state index < -0.39 is 10.1 Å². The Labute approximate surface area is 136 Å². The van der Waals surface area contributed by atoms with Crippen molar-refractivity contribution in [3.8, 4) is 0 Å². The molecule has 0 unspecified atom stereocenters. The first-order valence-electron chi connectivity index (χ1n) is 8.33. The second kappa shape index (κ2) is 12.6. The number of aromatic nitrogens is 2. The summed E-state index contributed by atoms with van der Waals surface area (Å²) in [5, 5.41) is 0. The van der Waals surface area contributed by atoms with Gasteiger partial charge in [0.1, 0.15) is 12.4 Å². The SMILES string of the molecule is CCCCCCS(=O)(=O)[O-].CCCCCC[n+]1ccn(C)c1. The fourth-order valence-electron chi connectivity index (χ4n) is 2.06. The zero-order chi connectivity index (χ0) is 16.8. The Morgan fingerprint density at radius 2 is 1.59 bits per heavy atom. The molecule has 0 aromatic carbocycles. The van der Waals surface area contributed by atoms with Crippen LogP contribution < -0.4 is 4.57 Å². The van der Waals surface area contributed by atoms with Crippen LogP contribution in [0.25, 0.3) is 0 Å². The van der Waals surface area contributed by atoms with Crippen LogP contribution in [0.15, 0.2) is 18.7 Å². The fraction of sp³-hybridized carbons (Fsp3) is 0.812. The van der Waals surface area contributed by atoms with Crippen molar-refractivity contribution >= 4 is 10.1 Å². The van der Waals surface area contributed by atoms with Gasteiger partial charge in [0.2, 0.25) is 6.33 Å². The molecule has 22 heavy (non-hydrogen) atoms. The smallest absolute Gasteiger partial charge is 0.243 e. The van der Waals surface area contributed by atoms with Crippen molar-refractivity contribution in [2.75, 3.05) is 5.75 Å². The van der Waals surface area contributed by atoms with Crippen LogP contribution in [-0.2, 0) is 23.7 Å². The Bertz CT molecular complexity index is 469. The minimum absolute atomic E-state index is 0.201. The zero-order valence-corrected chi connectivity index (χ0v) is 15.1. The van der Waals surface area contributed by atoms with E-state index in [9.17, 15) is 13.0 Å². The van der Waals surface area contributed by atoms with Crippen LogP contribution in [0, 0.1) is 0 Å². The summed E-state index contributed by atoms with van der Waals surface area (Å²) in [7, 11) is -1.90. The molecule has 0 fully saturated rings.